The van der Waals surface area contributed by atoms with Crippen LogP contribution in [0.2, 0.25) is 0 Å². The summed E-state index contributed by atoms with van der Waals surface area (Å²) in [6, 6.07) is 0.714. The lowest BCUT2D eigenvalue weighted by molar-refractivity contribution is 0.00763. The minimum absolute atomic E-state index is 0.581. The van der Waals surface area contributed by atoms with Gasteiger partial charge in [-0.1, -0.05) is 27.2 Å². The van der Waals surface area contributed by atoms with Crippen LogP contribution < -0.4 is 5.32 Å². The fourth-order valence-electron chi connectivity index (χ4n) is 3.53. The summed E-state index contributed by atoms with van der Waals surface area (Å²) in [5.41, 5.74) is 0.581. The first-order chi connectivity index (χ1) is 8.22. The summed E-state index contributed by atoms with van der Waals surface area (Å²) in [5.74, 6) is 0.810. The summed E-state index contributed by atoms with van der Waals surface area (Å²) in [6.45, 7) is 10.9. The van der Waals surface area contributed by atoms with Crippen molar-refractivity contribution in [2.45, 2.75) is 70.9 Å². The first-order valence-electron chi connectivity index (χ1n) is 7.70. The van der Waals surface area contributed by atoms with Crippen LogP contribution in [0.5, 0.6) is 0 Å². The zero-order valence-corrected chi connectivity index (χ0v) is 12.0. The summed E-state index contributed by atoms with van der Waals surface area (Å²) in [4.78, 5) is 2.83. The molecule has 1 heterocycles. The molecule has 1 saturated carbocycles. The quantitative estimate of drug-likeness (QED) is 0.810. The Morgan fingerprint density at radius 3 is 2.59 bits per heavy atom. The lowest BCUT2D eigenvalue weighted by atomic mass is 9.73. The summed E-state index contributed by atoms with van der Waals surface area (Å²) in [7, 11) is 0. The highest BCUT2D eigenvalue weighted by Crippen LogP contribution is 2.41. The van der Waals surface area contributed by atoms with Crippen LogP contribution in [0.1, 0.15) is 59.3 Å². The molecule has 100 valence electrons. The SMILES string of the molecule is CCC(C)C1CN(C2(CC)CCC2)CCCN1. The number of hydrogen-bond acceptors (Lipinski definition) is 2. The molecule has 2 nitrogen and oxygen atoms in total. The van der Waals surface area contributed by atoms with E-state index in [1.54, 1.807) is 0 Å². The van der Waals surface area contributed by atoms with Gasteiger partial charge in [-0.05, 0) is 51.1 Å². The molecule has 2 atom stereocenters. The Balaban J connectivity index is 2.01. The molecule has 2 heteroatoms. The van der Waals surface area contributed by atoms with E-state index in [9.17, 15) is 0 Å². The van der Waals surface area contributed by atoms with Crippen molar-refractivity contribution in [2.75, 3.05) is 19.6 Å². The molecule has 0 bridgehead atoms. The molecule has 0 aromatic heterocycles. The van der Waals surface area contributed by atoms with Gasteiger partial charge in [-0.25, -0.2) is 0 Å². The maximum absolute atomic E-state index is 3.76. The molecule has 0 radical (unpaired) electrons. The zero-order chi connectivity index (χ0) is 12.3. The van der Waals surface area contributed by atoms with Gasteiger partial charge in [0, 0.05) is 18.1 Å². The molecule has 1 aliphatic heterocycles. The standard InChI is InChI=1S/C15H30N2/c1-4-13(3)14-12-17(11-7-10-16-14)15(5-2)8-6-9-15/h13-14,16H,4-12H2,1-3H3. The van der Waals surface area contributed by atoms with E-state index in [2.05, 4.69) is 31.0 Å². The van der Waals surface area contributed by atoms with Crippen LogP contribution in [0, 0.1) is 5.92 Å². The Bertz CT molecular complexity index is 230. The van der Waals surface area contributed by atoms with E-state index in [1.165, 1.54) is 58.2 Å². The lowest BCUT2D eigenvalue weighted by Gasteiger charge is -2.51. The Morgan fingerprint density at radius 2 is 2.06 bits per heavy atom. The number of hydrogen-bond donors (Lipinski definition) is 1. The van der Waals surface area contributed by atoms with Gasteiger partial charge >= 0.3 is 0 Å². The van der Waals surface area contributed by atoms with Gasteiger partial charge in [-0.3, -0.25) is 4.90 Å². The van der Waals surface area contributed by atoms with Crippen molar-refractivity contribution in [2.24, 2.45) is 5.92 Å². The highest BCUT2D eigenvalue weighted by atomic mass is 15.2. The average Bonchev–Trinajstić information content (AvgIpc) is 2.54. The number of nitrogens with zero attached hydrogens (tertiary/aromatic N) is 1. The minimum atomic E-state index is 0.581. The Kier molecular flexibility index (Phi) is 4.48. The minimum Gasteiger partial charge on any atom is -0.312 e. The second kappa shape index (κ2) is 5.71. The van der Waals surface area contributed by atoms with E-state index in [1.807, 2.05) is 0 Å². The van der Waals surface area contributed by atoms with Crippen molar-refractivity contribution < 1.29 is 0 Å². The van der Waals surface area contributed by atoms with Crippen molar-refractivity contribution in [3.05, 3.63) is 0 Å². The Labute approximate surface area is 107 Å². The highest BCUT2D eigenvalue weighted by molar-refractivity contribution is 4.99. The second-order valence-electron chi connectivity index (χ2n) is 6.18. The van der Waals surface area contributed by atoms with Gasteiger partial charge in [0.05, 0.1) is 0 Å². The van der Waals surface area contributed by atoms with Gasteiger partial charge in [0.1, 0.15) is 0 Å². The molecule has 0 amide bonds. The molecule has 1 N–H and O–H groups in total. The lowest BCUT2D eigenvalue weighted by Crippen LogP contribution is -2.56. The van der Waals surface area contributed by atoms with Crippen molar-refractivity contribution in [1.29, 1.82) is 0 Å². The van der Waals surface area contributed by atoms with Crippen LogP contribution >= 0.6 is 0 Å². The molecule has 1 aliphatic carbocycles. The van der Waals surface area contributed by atoms with E-state index >= 15 is 0 Å². The van der Waals surface area contributed by atoms with Crippen LogP contribution in [-0.2, 0) is 0 Å². The molecule has 2 aliphatic rings. The monoisotopic (exact) mass is 238 g/mol. The topological polar surface area (TPSA) is 15.3 Å². The molecule has 0 spiro atoms. The average molecular weight is 238 g/mol. The van der Waals surface area contributed by atoms with E-state index in [0.717, 1.165) is 5.92 Å². The summed E-state index contributed by atoms with van der Waals surface area (Å²) in [6.07, 6.45) is 8.30. The maximum atomic E-state index is 3.76. The fourth-order valence-corrected chi connectivity index (χ4v) is 3.53. The largest absolute Gasteiger partial charge is 0.312 e. The third-order valence-corrected chi connectivity index (χ3v) is 5.37. The summed E-state index contributed by atoms with van der Waals surface area (Å²) >= 11 is 0. The van der Waals surface area contributed by atoms with E-state index < -0.39 is 0 Å². The van der Waals surface area contributed by atoms with Crippen LogP contribution in [-0.4, -0.2) is 36.1 Å². The first kappa shape index (κ1) is 13.4. The summed E-state index contributed by atoms with van der Waals surface area (Å²) < 4.78 is 0. The van der Waals surface area contributed by atoms with Gasteiger partial charge in [-0.2, -0.15) is 0 Å². The van der Waals surface area contributed by atoms with Crippen molar-refractivity contribution in [3.8, 4) is 0 Å². The van der Waals surface area contributed by atoms with E-state index in [-0.39, 0.29) is 0 Å². The molecule has 2 rings (SSSR count). The van der Waals surface area contributed by atoms with Crippen molar-refractivity contribution >= 4 is 0 Å². The highest BCUT2D eigenvalue weighted by Gasteiger charge is 2.41. The van der Waals surface area contributed by atoms with E-state index in [0.29, 0.717) is 11.6 Å². The van der Waals surface area contributed by atoms with Crippen molar-refractivity contribution in [1.82, 2.24) is 10.2 Å². The Hall–Kier alpha value is -0.0800. The normalized spacial score (nSPS) is 31.6. The summed E-state index contributed by atoms with van der Waals surface area (Å²) in [5, 5.41) is 3.76. The van der Waals surface area contributed by atoms with Crippen LogP contribution in [0.25, 0.3) is 0 Å². The second-order valence-corrected chi connectivity index (χ2v) is 6.18. The number of nitrogens with one attached hydrogen (secondary N) is 1. The molecular weight excluding hydrogens is 208 g/mol. The zero-order valence-electron chi connectivity index (χ0n) is 12.0. The first-order valence-corrected chi connectivity index (χ1v) is 7.70. The van der Waals surface area contributed by atoms with Gasteiger partial charge in [-0.15, -0.1) is 0 Å². The third kappa shape index (κ3) is 2.68. The molecule has 0 aromatic carbocycles. The van der Waals surface area contributed by atoms with Gasteiger partial charge < -0.3 is 5.32 Å². The van der Waals surface area contributed by atoms with Crippen molar-refractivity contribution in [3.63, 3.8) is 0 Å². The smallest absolute Gasteiger partial charge is 0.0220 e. The van der Waals surface area contributed by atoms with Gasteiger partial charge in [0.2, 0.25) is 0 Å². The fraction of sp³-hybridized carbons (Fsp3) is 1.00. The maximum Gasteiger partial charge on any atom is 0.0220 e. The molecule has 0 aromatic rings. The number of rotatable bonds is 4. The Morgan fingerprint density at radius 1 is 1.29 bits per heavy atom. The molecular formula is C15H30N2. The third-order valence-electron chi connectivity index (χ3n) is 5.37. The molecule has 1 saturated heterocycles. The predicted molar refractivity (Wildman–Crippen MR) is 74.3 cm³/mol. The predicted octanol–water partition coefficient (Wildman–Crippen LogP) is 3.03. The molecule has 17 heavy (non-hydrogen) atoms. The van der Waals surface area contributed by atoms with Crippen LogP contribution in [0.15, 0.2) is 0 Å². The van der Waals surface area contributed by atoms with Gasteiger partial charge in [0.15, 0.2) is 0 Å². The molecule has 2 unspecified atom stereocenters. The van der Waals surface area contributed by atoms with E-state index in [4.69, 9.17) is 0 Å². The van der Waals surface area contributed by atoms with Gasteiger partial charge in [0.25, 0.3) is 0 Å². The molecule has 2 fully saturated rings. The van der Waals surface area contributed by atoms with Crippen LogP contribution in [0.3, 0.4) is 0 Å². The van der Waals surface area contributed by atoms with Crippen LogP contribution in [0.4, 0.5) is 0 Å².